The van der Waals surface area contributed by atoms with Gasteiger partial charge >= 0.3 is 5.97 Å². The third-order valence-corrected chi connectivity index (χ3v) is 4.83. The lowest BCUT2D eigenvalue weighted by atomic mass is 9.65. The van der Waals surface area contributed by atoms with E-state index in [4.69, 9.17) is 16.3 Å². The van der Waals surface area contributed by atoms with Crippen molar-refractivity contribution in [1.29, 1.82) is 0 Å². The van der Waals surface area contributed by atoms with Crippen LogP contribution >= 0.6 is 11.6 Å². The second-order valence-electron chi connectivity index (χ2n) is 5.71. The van der Waals surface area contributed by atoms with Crippen molar-refractivity contribution in [3.05, 3.63) is 34.9 Å². The summed E-state index contributed by atoms with van der Waals surface area (Å²) in [6.45, 7) is 1.89. The van der Waals surface area contributed by atoms with Gasteiger partial charge in [0, 0.05) is 10.9 Å². The van der Waals surface area contributed by atoms with Gasteiger partial charge in [-0.05, 0) is 43.4 Å². The van der Waals surface area contributed by atoms with Crippen LogP contribution < -0.4 is 0 Å². The number of carbonyl (C=O) groups excluding carboxylic acids is 2. The number of halogens is 1. The van der Waals surface area contributed by atoms with Gasteiger partial charge in [0.2, 0.25) is 0 Å². The molecule has 0 N–H and O–H groups in total. The number of hydrogen-bond donors (Lipinski definition) is 0. The summed E-state index contributed by atoms with van der Waals surface area (Å²) in [6.07, 6.45) is 3.49. The maximum atomic E-state index is 12.8. The first-order valence-corrected chi connectivity index (χ1v) is 7.78. The van der Waals surface area contributed by atoms with Crippen molar-refractivity contribution in [2.24, 2.45) is 11.3 Å². The minimum atomic E-state index is -0.940. The first kappa shape index (κ1) is 16.0. The summed E-state index contributed by atoms with van der Waals surface area (Å²) in [4.78, 5) is 24.9. The first-order chi connectivity index (χ1) is 10.0. The molecule has 0 aromatic heterocycles. The summed E-state index contributed by atoms with van der Waals surface area (Å²) in [5.41, 5.74) is 0.138. The van der Waals surface area contributed by atoms with Crippen LogP contribution in [0.4, 0.5) is 0 Å². The second kappa shape index (κ2) is 6.61. The molecule has 1 aromatic rings. The smallest absolute Gasteiger partial charge is 0.319 e. The summed E-state index contributed by atoms with van der Waals surface area (Å²) in [5.74, 6) is -0.451. The van der Waals surface area contributed by atoms with E-state index in [-0.39, 0.29) is 17.7 Å². The summed E-state index contributed by atoms with van der Waals surface area (Å²) in [5, 5.41) is 0.686. The van der Waals surface area contributed by atoms with Crippen LogP contribution in [0.1, 0.15) is 38.2 Å². The van der Waals surface area contributed by atoms with E-state index in [9.17, 15) is 9.59 Å². The molecule has 0 heterocycles. The number of Topliss-reactive ketones (excluding diaryl/α,β-unsaturated/α-hetero) is 1. The number of ketones is 1. The molecule has 1 aliphatic rings. The van der Waals surface area contributed by atoms with Gasteiger partial charge in [-0.15, -0.1) is 0 Å². The second-order valence-corrected chi connectivity index (χ2v) is 6.15. The predicted molar refractivity (Wildman–Crippen MR) is 82.2 cm³/mol. The minimum absolute atomic E-state index is 0.0399. The van der Waals surface area contributed by atoms with E-state index in [1.165, 1.54) is 7.11 Å². The van der Waals surface area contributed by atoms with Crippen molar-refractivity contribution in [2.45, 2.75) is 39.0 Å². The van der Waals surface area contributed by atoms with E-state index < -0.39 is 5.41 Å². The largest absolute Gasteiger partial charge is 0.468 e. The topological polar surface area (TPSA) is 43.4 Å². The number of hydrogen-bond acceptors (Lipinski definition) is 3. The number of carbonyl (C=O) groups is 2. The predicted octanol–water partition coefficient (Wildman–Crippen LogP) is 3.82. The quantitative estimate of drug-likeness (QED) is 0.627. The molecule has 0 spiro atoms. The zero-order valence-corrected chi connectivity index (χ0v) is 13.3. The Kier molecular flexibility index (Phi) is 5.04. The molecule has 1 saturated carbocycles. The third-order valence-electron chi connectivity index (χ3n) is 4.57. The first-order valence-electron chi connectivity index (χ1n) is 7.40. The molecular weight excluding hydrogens is 288 g/mol. The van der Waals surface area contributed by atoms with Gasteiger partial charge in [-0.2, -0.15) is 0 Å². The summed E-state index contributed by atoms with van der Waals surface area (Å²) < 4.78 is 4.89. The molecule has 21 heavy (non-hydrogen) atoms. The van der Waals surface area contributed by atoms with E-state index in [2.05, 4.69) is 0 Å². The van der Waals surface area contributed by atoms with Gasteiger partial charge in [-0.25, -0.2) is 0 Å². The molecule has 0 saturated heterocycles. The fourth-order valence-corrected chi connectivity index (χ4v) is 3.41. The molecule has 0 radical (unpaired) electrons. The van der Waals surface area contributed by atoms with Crippen LogP contribution in [0.25, 0.3) is 0 Å². The SMILES string of the molecule is CCC1(C(=O)OC)CCCC(Cc2ccc(Cl)cc2)C1=O. The Balaban J connectivity index is 2.19. The Morgan fingerprint density at radius 2 is 2.05 bits per heavy atom. The van der Waals surface area contributed by atoms with Gasteiger partial charge in [-0.3, -0.25) is 9.59 Å². The zero-order chi connectivity index (χ0) is 15.5. The third kappa shape index (κ3) is 3.13. The highest BCUT2D eigenvalue weighted by molar-refractivity contribution is 6.30. The van der Waals surface area contributed by atoms with E-state index >= 15 is 0 Å². The van der Waals surface area contributed by atoms with E-state index in [0.29, 0.717) is 24.3 Å². The monoisotopic (exact) mass is 308 g/mol. The Bertz CT molecular complexity index is 523. The van der Waals surface area contributed by atoms with E-state index in [1.54, 1.807) is 0 Å². The van der Waals surface area contributed by atoms with Crippen molar-refractivity contribution in [2.75, 3.05) is 7.11 Å². The Morgan fingerprint density at radius 1 is 1.38 bits per heavy atom. The number of ether oxygens (including phenoxy) is 1. The fraction of sp³-hybridized carbons (Fsp3) is 0.529. The van der Waals surface area contributed by atoms with E-state index in [0.717, 1.165) is 18.4 Å². The van der Waals surface area contributed by atoms with Crippen molar-refractivity contribution < 1.29 is 14.3 Å². The Labute approximate surface area is 130 Å². The summed E-state index contributed by atoms with van der Waals surface area (Å²) in [7, 11) is 1.36. The van der Waals surface area contributed by atoms with Crippen molar-refractivity contribution in [3.8, 4) is 0 Å². The van der Waals surface area contributed by atoms with Gasteiger partial charge in [-0.1, -0.05) is 37.1 Å². The normalized spacial score (nSPS) is 25.7. The van der Waals surface area contributed by atoms with Crippen molar-refractivity contribution in [1.82, 2.24) is 0 Å². The standard InChI is InChI=1S/C17H21ClO3/c1-3-17(16(20)21-2)10-4-5-13(15(17)19)11-12-6-8-14(18)9-7-12/h6-9,13H,3-5,10-11H2,1-2H3. The number of benzene rings is 1. The molecule has 114 valence electrons. The molecule has 2 atom stereocenters. The highest BCUT2D eigenvalue weighted by Gasteiger charge is 2.49. The highest BCUT2D eigenvalue weighted by atomic mass is 35.5. The maximum Gasteiger partial charge on any atom is 0.319 e. The van der Waals surface area contributed by atoms with Gasteiger partial charge in [0.05, 0.1) is 7.11 Å². The van der Waals surface area contributed by atoms with Crippen LogP contribution in [-0.2, 0) is 20.7 Å². The molecule has 2 rings (SSSR count). The zero-order valence-electron chi connectivity index (χ0n) is 12.5. The number of esters is 1. The molecule has 0 bridgehead atoms. The Hall–Kier alpha value is -1.35. The van der Waals surface area contributed by atoms with Crippen LogP contribution in [0.2, 0.25) is 5.02 Å². The van der Waals surface area contributed by atoms with Crippen LogP contribution in [0.3, 0.4) is 0 Å². The van der Waals surface area contributed by atoms with Crippen molar-refractivity contribution >= 4 is 23.4 Å². The summed E-state index contributed by atoms with van der Waals surface area (Å²) in [6, 6.07) is 7.54. The van der Waals surface area contributed by atoms with Gasteiger partial charge < -0.3 is 4.74 Å². The lowest BCUT2D eigenvalue weighted by Gasteiger charge is -2.36. The van der Waals surface area contributed by atoms with Gasteiger partial charge in [0.15, 0.2) is 5.78 Å². The molecule has 1 aromatic carbocycles. The molecule has 3 nitrogen and oxygen atoms in total. The molecule has 4 heteroatoms. The molecule has 0 aliphatic heterocycles. The average molecular weight is 309 g/mol. The number of methoxy groups -OCH3 is 1. The number of rotatable bonds is 4. The highest BCUT2D eigenvalue weighted by Crippen LogP contribution is 2.41. The van der Waals surface area contributed by atoms with Crippen LogP contribution in [0.15, 0.2) is 24.3 Å². The van der Waals surface area contributed by atoms with Crippen molar-refractivity contribution in [3.63, 3.8) is 0 Å². The Morgan fingerprint density at radius 3 is 2.62 bits per heavy atom. The summed E-state index contributed by atoms with van der Waals surface area (Å²) >= 11 is 5.88. The van der Waals surface area contributed by atoms with Crippen LogP contribution in [0.5, 0.6) is 0 Å². The molecule has 0 amide bonds. The average Bonchev–Trinajstić information content (AvgIpc) is 2.51. The van der Waals surface area contributed by atoms with E-state index in [1.807, 2.05) is 31.2 Å². The van der Waals surface area contributed by atoms with Gasteiger partial charge in [0.25, 0.3) is 0 Å². The molecule has 1 aliphatic carbocycles. The maximum absolute atomic E-state index is 12.8. The van der Waals surface area contributed by atoms with Crippen LogP contribution in [-0.4, -0.2) is 18.9 Å². The lowest BCUT2D eigenvalue weighted by Crippen LogP contribution is -2.46. The van der Waals surface area contributed by atoms with Gasteiger partial charge in [0.1, 0.15) is 5.41 Å². The minimum Gasteiger partial charge on any atom is -0.468 e. The lowest BCUT2D eigenvalue weighted by molar-refractivity contribution is -0.162. The molecule has 2 unspecified atom stereocenters. The molecular formula is C17H21ClO3. The fourth-order valence-electron chi connectivity index (χ4n) is 3.29. The molecule has 1 fully saturated rings. The van der Waals surface area contributed by atoms with Crippen LogP contribution in [0, 0.1) is 11.3 Å².